The summed E-state index contributed by atoms with van der Waals surface area (Å²) >= 11 is 6.15. The smallest absolute Gasteiger partial charge is 0.407 e. The van der Waals surface area contributed by atoms with Gasteiger partial charge in [0, 0.05) is 28.6 Å². The van der Waals surface area contributed by atoms with E-state index in [1.807, 2.05) is 81.4 Å². The van der Waals surface area contributed by atoms with Crippen LogP contribution in [0.5, 0.6) is 5.88 Å². The largest absolute Gasteiger partial charge is 0.494 e. The summed E-state index contributed by atoms with van der Waals surface area (Å²) in [6, 6.07) is 22.5. The maximum Gasteiger partial charge on any atom is 0.407 e. The first-order valence-corrected chi connectivity index (χ1v) is 12.5. The molecule has 0 saturated heterocycles. The standard InChI is InChI=1S/C29H31ClN4O3/c1-29(2,3)37-28(36)32-16-15-23(31)18-9-12-21(13-10-18)33-26(19-7-5-4-6-8-19)25-22-14-11-20(30)17-24(22)34-27(25)35/h4-14,17,23,34-35H,15-16,31H2,1-3H3,(H,32,36). The third-order valence-electron chi connectivity index (χ3n) is 5.71. The first-order chi connectivity index (χ1) is 17.6. The van der Waals surface area contributed by atoms with E-state index in [0.29, 0.717) is 35.0 Å². The van der Waals surface area contributed by atoms with Crippen molar-refractivity contribution >= 4 is 40.0 Å². The minimum atomic E-state index is -0.544. The Balaban J connectivity index is 1.56. The number of aliphatic imine (C=N–C) groups is 1. The summed E-state index contributed by atoms with van der Waals surface area (Å²) in [6.07, 6.45) is 0.101. The third kappa shape index (κ3) is 6.70. The van der Waals surface area contributed by atoms with Gasteiger partial charge in [-0.05, 0) is 57.0 Å². The van der Waals surface area contributed by atoms with E-state index in [1.54, 1.807) is 12.1 Å². The molecule has 8 heteroatoms. The molecule has 1 amide bonds. The van der Waals surface area contributed by atoms with Crippen molar-refractivity contribution in [1.29, 1.82) is 0 Å². The molecule has 0 radical (unpaired) electrons. The lowest BCUT2D eigenvalue weighted by Crippen LogP contribution is -2.33. The van der Waals surface area contributed by atoms with Gasteiger partial charge in [-0.25, -0.2) is 9.79 Å². The highest BCUT2D eigenvalue weighted by atomic mass is 35.5. The minimum Gasteiger partial charge on any atom is -0.494 e. The number of aromatic amines is 1. The second kappa shape index (κ2) is 11.1. The summed E-state index contributed by atoms with van der Waals surface area (Å²) in [6.45, 7) is 5.86. The third-order valence-corrected chi connectivity index (χ3v) is 5.95. The number of fused-ring (bicyclic) bond motifs is 1. The van der Waals surface area contributed by atoms with E-state index < -0.39 is 11.7 Å². The van der Waals surface area contributed by atoms with Crippen molar-refractivity contribution in [3.63, 3.8) is 0 Å². The number of aromatic hydroxyl groups is 1. The van der Waals surface area contributed by atoms with Crippen LogP contribution in [-0.4, -0.2) is 34.0 Å². The lowest BCUT2D eigenvalue weighted by Gasteiger charge is -2.20. The van der Waals surface area contributed by atoms with Gasteiger partial charge in [-0.2, -0.15) is 0 Å². The Hall–Kier alpha value is -3.81. The number of nitrogens with one attached hydrogen (secondary N) is 2. The van der Waals surface area contributed by atoms with Crippen molar-refractivity contribution in [3.8, 4) is 5.88 Å². The molecule has 1 aromatic heterocycles. The van der Waals surface area contributed by atoms with E-state index in [-0.39, 0.29) is 11.9 Å². The van der Waals surface area contributed by atoms with E-state index in [2.05, 4.69) is 10.3 Å². The second-order valence-electron chi connectivity index (χ2n) is 9.78. The Bertz CT molecular complexity index is 1410. The average Bonchev–Trinajstić information content (AvgIpc) is 3.16. The fourth-order valence-corrected chi connectivity index (χ4v) is 4.16. The van der Waals surface area contributed by atoms with Gasteiger partial charge >= 0.3 is 6.09 Å². The number of rotatable bonds is 7. The SMILES string of the molecule is CC(C)(C)OC(=O)NCCC(N)c1ccc(N=C(c2ccccc2)c2c(O)[nH]c3cc(Cl)ccc23)cc1. The number of alkyl carbamates (subject to hydrolysis) is 1. The van der Waals surface area contributed by atoms with Crippen LogP contribution >= 0.6 is 11.6 Å². The molecular formula is C29H31ClN4O3. The van der Waals surface area contributed by atoms with Crippen molar-refractivity contribution in [2.24, 2.45) is 10.7 Å². The van der Waals surface area contributed by atoms with Gasteiger partial charge in [0.05, 0.1) is 22.5 Å². The topological polar surface area (TPSA) is 113 Å². The van der Waals surface area contributed by atoms with Gasteiger partial charge in [-0.3, -0.25) is 0 Å². The highest BCUT2D eigenvalue weighted by Gasteiger charge is 2.19. The number of nitrogens with zero attached hydrogens (tertiary/aromatic N) is 1. The molecule has 7 nitrogen and oxygen atoms in total. The number of carbonyl (C=O) groups excluding carboxylic acids is 1. The molecule has 5 N–H and O–H groups in total. The van der Waals surface area contributed by atoms with Gasteiger partial charge in [0.1, 0.15) is 5.60 Å². The Morgan fingerprint density at radius 3 is 2.49 bits per heavy atom. The molecule has 37 heavy (non-hydrogen) atoms. The summed E-state index contributed by atoms with van der Waals surface area (Å²) in [5.74, 6) is 0.0241. The molecule has 0 aliphatic carbocycles. The van der Waals surface area contributed by atoms with Crippen molar-refractivity contribution in [2.75, 3.05) is 6.54 Å². The number of halogens is 1. The lowest BCUT2D eigenvalue weighted by atomic mass is 10.0. The fourth-order valence-electron chi connectivity index (χ4n) is 3.99. The first-order valence-electron chi connectivity index (χ1n) is 12.1. The maximum atomic E-state index is 11.8. The summed E-state index contributed by atoms with van der Waals surface area (Å²) in [5.41, 5.74) is 10.3. The van der Waals surface area contributed by atoms with Gasteiger partial charge in [0.15, 0.2) is 5.88 Å². The van der Waals surface area contributed by atoms with Crippen LogP contribution in [0, 0.1) is 0 Å². The summed E-state index contributed by atoms with van der Waals surface area (Å²) in [7, 11) is 0. The molecule has 1 heterocycles. The zero-order chi connectivity index (χ0) is 26.6. The quantitative estimate of drug-likeness (QED) is 0.206. The van der Waals surface area contributed by atoms with E-state index in [1.165, 1.54) is 0 Å². The summed E-state index contributed by atoms with van der Waals surface area (Å²) in [5, 5.41) is 14.9. The van der Waals surface area contributed by atoms with Crippen LogP contribution in [0.3, 0.4) is 0 Å². The first kappa shape index (κ1) is 26.3. The monoisotopic (exact) mass is 518 g/mol. The van der Waals surface area contributed by atoms with E-state index in [0.717, 1.165) is 22.0 Å². The van der Waals surface area contributed by atoms with Gasteiger partial charge in [0.25, 0.3) is 0 Å². The highest BCUT2D eigenvalue weighted by Crippen LogP contribution is 2.33. The zero-order valence-electron chi connectivity index (χ0n) is 21.1. The predicted octanol–water partition coefficient (Wildman–Crippen LogP) is 6.61. The fraction of sp³-hybridized carbons (Fsp3) is 0.241. The lowest BCUT2D eigenvalue weighted by molar-refractivity contribution is 0.0526. The van der Waals surface area contributed by atoms with Crippen molar-refractivity contribution < 1.29 is 14.6 Å². The molecular weight excluding hydrogens is 488 g/mol. The Kier molecular flexibility index (Phi) is 7.86. The van der Waals surface area contributed by atoms with Crippen LogP contribution in [0.25, 0.3) is 10.9 Å². The number of aromatic nitrogens is 1. The van der Waals surface area contributed by atoms with E-state index >= 15 is 0 Å². The molecule has 4 aromatic rings. The average molecular weight is 519 g/mol. The van der Waals surface area contributed by atoms with Crippen molar-refractivity contribution in [3.05, 3.63) is 94.5 Å². The normalized spacial score (nSPS) is 12.9. The van der Waals surface area contributed by atoms with E-state index in [9.17, 15) is 9.90 Å². The number of H-pyrrole nitrogens is 1. The number of hydrogen-bond donors (Lipinski definition) is 4. The molecule has 0 bridgehead atoms. The van der Waals surface area contributed by atoms with Gasteiger partial charge in [-0.15, -0.1) is 0 Å². The molecule has 1 unspecified atom stereocenters. The zero-order valence-corrected chi connectivity index (χ0v) is 21.8. The summed E-state index contributed by atoms with van der Waals surface area (Å²) < 4.78 is 5.25. The molecule has 0 spiro atoms. The van der Waals surface area contributed by atoms with Crippen LogP contribution in [0.4, 0.5) is 10.5 Å². The minimum absolute atomic E-state index is 0.0241. The molecule has 0 aliphatic rings. The molecule has 192 valence electrons. The van der Waals surface area contributed by atoms with Crippen LogP contribution < -0.4 is 11.1 Å². The molecule has 3 aromatic carbocycles. The van der Waals surface area contributed by atoms with E-state index in [4.69, 9.17) is 27.1 Å². The summed E-state index contributed by atoms with van der Waals surface area (Å²) in [4.78, 5) is 19.8. The van der Waals surface area contributed by atoms with Gasteiger partial charge in [-0.1, -0.05) is 60.1 Å². The Morgan fingerprint density at radius 1 is 1.11 bits per heavy atom. The number of carbonyl (C=O) groups is 1. The van der Waals surface area contributed by atoms with Gasteiger partial charge < -0.3 is 25.9 Å². The Labute approximate surface area is 221 Å². The number of nitrogens with two attached hydrogens (primary N) is 1. The predicted molar refractivity (Wildman–Crippen MR) is 149 cm³/mol. The number of ether oxygens (including phenoxy) is 1. The van der Waals surface area contributed by atoms with Crippen molar-refractivity contribution in [1.82, 2.24) is 10.3 Å². The van der Waals surface area contributed by atoms with Crippen LogP contribution in [0.2, 0.25) is 5.02 Å². The highest BCUT2D eigenvalue weighted by molar-refractivity contribution is 6.31. The molecule has 1 atom stereocenters. The number of benzene rings is 3. The molecule has 0 saturated carbocycles. The molecule has 0 fully saturated rings. The number of hydrogen-bond acceptors (Lipinski definition) is 5. The maximum absolute atomic E-state index is 11.8. The van der Waals surface area contributed by atoms with Crippen molar-refractivity contribution in [2.45, 2.75) is 38.8 Å². The molecule has 0 aliphatic heterocycles. The van der Waals surface area contributed by atoms with Crippen LogP contribution in [-0.2, 0) is 4.74 Å². The second-order valence-corrected chi connectivity index (χ2v) is 10.2. The van der Waals surface area contributed by atoms with Crippen LogP contribution in [0.15, 0.2) is 77.8 Å². The Morgan fingerprint density at radius 2 is 1.81 bits per heavy atom. The van der Waals surface area contributed by atoms with Crippen LogP contribution in [0.1, 0.15) is 49.9 Å². The molecule has 4 rings (SSSR count). The van der Waals surface area contributed by atoms with Gasteiger partial charge in [0.2, 0.25) is 0 Å². The number of amides is 1.